The van der Waals surface area contributed by atoms with Gasteiger partial charge in [0, 0.05) is 38.8 Å². The van der Waals surface area contributed by atoms with Gasteiger partial charge in [-0.1, -0.05) is 0 Å². The van der Waals surface area contributed by atoms with Gasteiger partial charge in [-0.05, 0) is 24.1 Å². The van der Waals surface area contributed by atoms with E-state index in [1.807, 2.05) is 0 Å². The van der Waals surface area contributed by atoms with Gasteiger partial charge in [0.05, 0.1) is 0 Å². The molecule has 0 atom stereocenters. The molecule has 1 fully saturated rings. The van der Waals surface area contributed by atoms with Crippen LogP contribution in [0.3, 0.4) is 0 Å². The van der Waals surface area contributed by atoms with Crippen LogP contribution in [-0.2, 0) is 6.42 Å². The van der Waals surface area contributed by atoms with Gasteiger partial charge in [-0.25, -0.2) is 8.78 Å². The summed E-state index contributed by atoms with van der Waals surface area (Å²) in [6.45, 7) is 4.88. The lowest BCUT2D eigenvalue weighted by atomic mass is 10.1. The summed E-state index contributed by atoms with van der Waals surface area (Å²) in [5, 5.41) is 3.27. The second-order valence-electron chi connectivity index (χ2n) is 4.12. The molecule has 0 bridgehead atoms. The van der Waals surface area contributed by atoms with E-state index >= 15 is 0 Å². The lowest BCUT2D eigenvalue weighted by molar-refractivity contribution is 0.244. The molecule has 1 aliphatic rings. The fourth-order valence-corrected chi connectivity index (χ4v) is 1.98. The van der Waals surface area contributed by atoms with Gasteiger partial charge in [0.15, 0.2) is 0 Å². The van der Waals surface area contributed by atoms with Crippen LogP contribution in [0.1, 0.15) is 5.56 Å². The summed E-state index contributed by atoms with van der Waals surface area (Å²) in [7, 11) is 0. The van der Waals surface area contributed by atoms with Crippen LogP contribution in [0, 0.1) is 11.6 Å². The molecule has 0 radical (unpaired) electrons. The molecule has 1 N–H and O–H groups in total. The number of nitrogens with one attached hydrogen (secondary N) is 1. The van der Waals surface area contributed by atoms with Crippen molar-refractivity contribution in [2.45, 2.75) is 6.42 Å². The zero-order valence-corrected chi connectivity index (χ0v) is 9.18. The van der Waals surface area contributed by atoms with E-state index in [2.05, 4.69) is 10.2 Å². The average Bonchev–Trinajstić information content (AvgIpc) is 2.27. The Morgan fingerprint density at radius 1 is 1.06 bits per heavy atom. The number of hydrogen-bond donors (Lipinski definition) is 1. The predicted molar refractivity (Wildman–Crippen MR) is 59.4 cm³/mol. The Kier molecular flexibility index (Phi) is 3.85. The summed E-state index contributed by atoms with van der Waals surface area (Å²) in [5.74, 6) is -0.981. The third-order valence-corrected chi connectivity index (χ3v) is 2.85. The maximum atomic E-state index is 12.9. The summed E-state index contributed by atoms with van der Waals surface area (Å²) in [5.41, 5.74) is 0.732. The number of rotatable bonds is 3. The minimum Gasteiger partial charge on any atom is -0.314 e. The molecule has 4 heteroatoms. The van der Waals surface area contributed by atoms with Crippen molar-refractivity contribution in [1.29, 1.82) is 0 Å². The molecule has 0 amide bonds. The van der Waals surface area contributed by atoms with E-state index in [0.717, 1.165) is 44.4 Å². The second kappa shape index (κ2) is 5.37. The summed E-state index contributed by atoms with van der Waals surface area (Å²) in [6.07, 6.45) is 0.703. The van der Waals surface area contributed by atoms with Crippen LogP contribution in [0.2, 0.25) is 0 Å². The van der Waals surface area contributed by atoms with Crippen LogP contribution in [-0.4, -0.2) is 37.6 Å². The average molecular weight is 226 g/mol. The maximum absolute atomic E-state index is 12.9. The lowest BCUT2D eigenvalue weighted by Gasteiger charge is -2.27. The molecule has 1 aliphatic heterocycles. The van der Waals surface area contributed by atoms with Gasteiger partial charge in [0.25, 0.3) is 0 Å². The normalized spacial score (nSPS) is 17.6. The molecule has 2 rings (SSSR count). The first-order chi connectivity index (χ1) is 7.74. The molecule has 2 nitrogen and oxygen atoms in total. The quantitative estimate of drug-likeness (QED) is 0.838. The molecule has 0 saturated carbocycles. The molecule has 0 unspecified atom stereocenters. The Bertz CT molecular complexity index is 329. The molecular formula is C12H16F2N2. The lowest BCUT2D eigenvalue weighted by Crippen LogP contribution is -2.44. The first-order valence-corrected chi connectivity index (χ1v) is 5.62. The van der Waals surface area contributed by atoms with E-state index in [1.165, 1.54) is 12.1 Å². The van der Waals surface area contributed by atoms with Crippen molar-refractivity contribution in [2.75, 3.05) is 32.7 Å². The number of piperazine rings is 1. The standard InChI is InChI=1S/C12H16F2N2/c13-11-7-10(8-12(14)9-11)1-4-16-5-2-15-3-6-16/h7-9,15H,1-6H2. The van der Waals surface area contributed by atoms with Crippen LogP contribution in [0.4, 0.5) is 8.78 Å². The van der Waals surface area contributed by atoms with E-state index in [9.17, 15) is 8.78 Å². The van der Waals surface area contributed by atoms with Crippen LogP contribution in [0.25, 0.3) is 0 Å². The van der Waals surface area contributed by atoms with Crippen molar-refractivity contribution in [2.24, 2.45) is 0 Å². The van der Waals surface area contributed by atoms with Crippen molar-refractivity contribution in [3.8, 4) is 0 Å². The van der Waals surface area contributed by atoms with Gasteiger partial charge in [0.1, 0.15) is 11.6 Å². The van der Waals surface area contributed by atoms with E-state index in [1.54, 1.807) is 0 Å². The molecule has 0 aliphatic carbocycles. The van der Waals surface area contributed by atoms with Crippen molar-refractivity contribution in [1.82, 2.24) is 10.2 Å². The molecule has 0 aromatic heterocycles. The van der Waals surface area contributed by atoms with Gasteiger partial charge in [0.2, 0.25) is 0 Å². The first kappa shape index (κ1) is 11.5. The number of halogens is 2. The van der Waals surface area contributed by atoms with E-state index in [4.69, 9.17) is 0 Å². The second-order valence-corrected chi connectivity index (χ2v) is 4.12. The van der Waals surface area contributed by atoms with E-state index < -0.39 is 11.6 Å². The highest BCUT2D eigenvalue weighted by Crippen LogP contribution is 2.09. The predicted octanol–water partition coefficient (Wildman–Crippen LogP) is 1.41. The Hall–Kier alpha value is -1.00. The van der Waals surface area contributed by atoms with Crippen molar-refractivity contribution < 1.29 is 8.78 Å². The summed E-state index contributed by atoms with van der Waals surface area (Å²) in [4.78, 5) is 2.30. The van der Waals surface area contributed by atoms with Crippen molar-refractivity contribution in [3.05, 3.63) is 35.4 Å². The molecule has 1 aromatic rings. The van der Waals surface area contributed by atoms with Gasteiger partial charge < -0.3 is 10.2 Å². The van der Waals surface area contributed by atoms with Gasteiger partial charge in [-0.3, -0.25) is 0 Å². The SMILES string of the molecule is Fc1cc(F)cc(CCN2CCNCC2)c1. The third-order valence-electron chi connectivity index (χ3n) is 2.85. The van der Waals surface area contributed by atoms with Crippen LogP contribution in [0.15, 0.2) is 18.2 Å². The van der Waals surface area contributed by atoms with Gasteiger partial charge >= 0.3 is 0 Å². The number of benzene rings is 1. The molecule has 0 spiro atoms. The number of hydrogen-bond acceptors (Lipinski definition) is 2. The minimum absolute atomic E-state index is 0.490. The fourth-order valence-electron chi connectivity index (χ4n) is 1.98. The largest absolute Gasteiger partial charge is 0.314 e. The number of nitrogens with zero attached hydrogens (tertiary/aromatic N) is 1. The molecule has 16 heavy (non-hydrogen) atoms. The highest BCUT2D eigenvalue weighted by Gasteiger charge is 2.09. The Balaban J connectivity index is 1.88. The third kappa shape index (κ3) is 3.25. The van der Waals surface area contributed by atoms with Crippen LogP contribution < -0.4 is 5.32 Å². The Morgan fingerprint density at radius 2 is 1.69 bits per heavy atom. The van der Waals surface area contributed by atoms with Crippen LogP contribution >= 0.6 is 0 Å². The Morgan fingerprint density at radius 3 is 2.31 bits per heavy atom. The zero-order chi connectivity index (χ0) is 11.4. The zero-order valence-electron chi connectivity index (χ0n) is 9.18. The van der Waals surface area contributed by atoms with Gasteiger partial charge in [-0.2, -0.15) is 0 Å². The molecule has 1 heterocycles. The summed E-state index contributed by atoms with van der Waals surface area (Å²) < 4.78 is 25.9. The van der Waals surface area contributed by atoms with Gasteiger partial charge in [-0.15, -0.1) is 0 Å². The topological polar surface area (TPSA) is 15.3 Å². The summed E-state index contributed by atoms with van der Waals surface area (Å²) >= 11 is 0. The maximum Gasteiger partial charge on any atom is 0.126 e. The molecule has 1 saturated heterocycles. The molecule has 88 valence electrons. The molecular weight excluding hydrogens is 210 g/mol. The van der Waals surface area contributed by atoms with E-state index in [-0.39, 0.29) is 0 Å². The van der Waals surface area contributed by atoms with Crippen molar-refractivity contribution in [3.63, 3.8) is 0 Å². The smallest absolute Gasteiger partial charge is 0.126 e. The highest BCUT2D eigenvalue weighted by atomic mass is 19.1. The van der Waals surface area contributed by atoms with Crippen LogP contribution in [0.5, 0.6) is 0 Å². The first-order valence-electron chi connectivity index (χ1n) is 5.62. The monoisotopic (exact) mass is 226 g/mol. The fraction of sp³-hybridized carbons (Fsp3) is 0.500. The van der Waals surface area contributed by atoms with E-state index in [0.29, 0.717) is 6.42 Å². The molecule has 1 aromatic carbocycles. The highest BCUT2D eigenvalue weighted by molar-refractivity contribution is 5.18. The summed E-state index contributed by atoms with van der Waals surface area (Å²) in [6, 6.07) is 3.73. The van der Waals surface area contributed by atoms with Crippen molar-refractivity contribution >= 4 is 0 Å². The Labute approximate surface area is 94.3 Å². The minimum atomic E-state index is -0.490.